The average molecular weight is 335 g/mol. The Morgan fingerprint density at radius 1 is 1.26 bits per heavy atom. The van der Waals surface area contributed by atoms with Gasteiger partial charge < -0.3 is 20.4 Å². The Bertz CT molecular complexity index is 411. The van der Waals surface area contributed by atoms with Crippen LogP contribution < -0.4 is 5.32 Å². The molecule has 0 atom stereocenters. The van der Waals surface area contributed by atoms with E-state index >= 15 is 0 Å². The van der Waals surface area contributed by atoms with Gasteiger partial charge in [-0.2, -0.15) is 0 Å². The summed E-state index contributed by atoms with van der Waals surface area (Å²) in [7, 11) is 0. The van der Waals surface area contributed by atoms with Crippen LogP contribution in [0.2, 0.25) is 0 Å². The highest BCUT2D eigenvalue weighted by Crippen LogP contribution is 2.19. The van der Waals surface area contributed by atoms with E-state index in [1.807, 2.05) is 0 Å². The fourth-order valence-electron chi connectivity index (χ4n) is 1.53. The van der Waals surface area contributed by atoms with Gasteiger partial charge >= 0.3 is 6.03 Å². The van der Waals surface area contributed by atoms with Crippen LogP contribution in [0.5, 0.6) is 0 Å². The Labute approximate surface area is 119 Å². The quantitative estimate of drug-likeness (QED) is 0.742. The smallest absolute Gasteiger partial charge is 0.321 e. The number of hydrogen-bond acceptors (Lipinski definition) is 3. The van der Waals surface area contributed by atoms with Crippen LogP contribution in [0.25, 0.3) is 0 Å². The molecule has 3 N–H and O–H groups in total. The number of carbonyl (C=O) groups excluding carboxylic acids is 1. The van der Waals surface area contributed by atoms with Gasteiger partial charge in [-0.25, -0.2) is 9.18 Å². The lowest BCUT2D eigenvalue weighted by molar-refractivity contribution is 0.180. The summed E-state index contributed by atoms with van der Waals surface area (Å²) in [4.78, 5) is 13.3. The molecule has 1 aromatic carbocycles. The Morgan fingerprint density at radius 3 is 2.58 bits per heavy atom. The van der Waals surface area contributed by atoms with E-state index in [1.54, 1.807) is 6.07 Å². The highest BCUT2D eigenvalue weighted by atomic mass is 79.9. The highest BCUT2D eigenvalue weighted by Gasteiger charge is 2.13. The first-order valence-electron chi connectivity index (χ1n) is 5.80. The molecular weight excluding hydrogens is 319 g/mol. The molecule has 1 aromatic rings. The molecule has 7 heteroatoms. The topological polar surface area (TPSA) is 72.8 Å². The minimum Gasteiger partial charge on any atom is -0.396 e. The summed E-state index contributed by atoms with van der Waals surface area (Å²) < 4.78 is 13.7. The minimum absolute atomic E-state index is 0.0410. The largest absolute Gasteiger partial charge is 0.396 e. The van der Waals surface area contributed by atoms with Crippen molar-refractivity contribution >= 4 is 27.6 Å². The van der Waals surface area contributed by atoms with E-state index in [1.165, 1.54) is 17.0 Å². The fraction of sp³-hybridized carbons (Fsp3) is 0.417. The number of aliphatic hydroxyl groups is 2. The SMILES string of the molecule is O=C(Nc1cc(F)cc(Br)c1)N(CCO)CCCO. The molecule has 106 valence electrons. The molecule has 0 radical (unpaired) electrons. The summed E-state index contributed by atoms with van der Waals surface area (Å²) in [5.74, 6) is -0.464. The third-order valence-electron chi connectivity index (χ3n) is 2.36. The average Bonchev–Trinajstić information content (AvgIpc) is 2.33. The second-order valence-corrected chi connectivity index (χ2v) is 4.79. The number of nitrogens with zero attached hydrogens (tertiary/aromatic N) is 1. The van der Waals surface area contributed by atoms with E-state index in [4.69, 9.17) is 10.2 Å². The molecule has 0 unspecified atom stereocenters. The van der Waals surface area contributed by atoms with Crippen molar-refractivity contribution in [2.75, 3.05) is 31.6 Å². The van der Waals surface area contributed by atoms with Crippen molar-refractivity contribution in [3.63, 3.8) is 0 Å². The van der Waals surface area contributed by atoms with Crippen LogP contribution in [0.3, 0.4) is 0 Å². The van der Waals surface area contributed by atoms with Gasteiger partial charge in [0.25, 0.3) is 0 Å². The van der Waals surface area contributed by atoms with Crippen molar-refractivity contribution in [2.45, 2.75) is 6.42 Å². The summed E-state index contributed by atoms with van der Waals surface area (Å²) in [6.07, 6.45) is 0.417. The first-order valence-corrected chi connectivity index (χ1v) is 6.60. The van der Waals surface area contributed by atoms with Crippen LogP contribution in [-0.2, 0) is 0 Å². The van der Waals surface area contributed by atoms with E-state index in [0.717, 1.165) is 0 Å². The number of benzene rings is 1. The van der Waals surface area contributed by atoms with Gasteiger partial charge in [-0.15, -0.1) is 0 Å². The molecule has 0 spiro atoms. The van der Waals surface area contributed by atoms with Gasteiger partial charge in [0, 0.05) is 29.9 Å². The molecule has 0 saturated carbocycles. The van der Waals surface area contributed by atoms with E-state index in [-0.39, 0.29) is 19.8 Å². The van der Waals surface area contributed by atoms with Crippen LogP contribution in [0.15, 0.2) is 22.7 Å². The van der Waals surface area contributed by atoms with Crippen LogP contribution in [0, 0.1) is 5.82 Å². The van der Waals surface area contributed by atoms with Gasteiger partial charge in [-0.1, -0.05) is 15.9 Å². The Balaban J connectivity index is 2.69. The molecular formula is C12H16BrFN2O3. The van der Waals surface area contributed by atoms with Crippen LogP contribution in [0.4, 0.5) is 14.9 Å². The summed E-state index contributed by atoms with van der Waals surface area (Å²) >= 11 is 3.13. The number of urea groups is 1. The first-order chi connectivity index (χ1) is 9.06. The zero-order chi connectivity index (χ0) is 14.3. The number of nitrogens with one attached hydrogen (secondary N) is 1. The number of halogens is 2. The van der Waals surface area contributed by atoms with E-state index in [2.05, 4.69) is 21.2 Å². The van der Waals surface area contributed by atoms with E-state index in [9.17, 15) is 9.18 Å². The Hall–Kier alpha value is -1.18. The lowest BCUT2D eigenvalue weighted by Crippen LogP contribution is -2.38. The van der Waals surface area contributed by atoms with Gasteiger partial charge in [-0.05, 0) is 24.6 Å². The van der Waals surface area contributed by atoms with Gasteiger partial charge in [-0.3, -0.25) is 0 Å². The number of hydrogen-bond donors (Lipinski definition) is 3. The molecule has 0 aromatic heterocycles. The minimum atomic E-state index is -0.464. The first kappa shape index (κ1) is 15.9. The van der Waals surface area contributed by atoms with Crippen LogP contribution >= 0.6 is 15.9 Å². The van der Waals surface area contributed by atoms with Gasteiger partial charge in [0.2, 0.25) is 0 Å². The normalized spacial score (nSPS) is 10.3. The van der Waals surface area contributed by atoms with Gasteiger partial charge in [0.05, 0.1) is 6.61 Å². The standard InChI is InChI=1S/C12H16BrFN2O3/c13-9-6-10(14)8-11(7-9)15-12(19)16(3-5-18)2-1-4-17/h6-8,17-18H,1-5H2,(H,15,19). The second kappa shape index (κ2) is 8.08. The van der Waals surface area contributed by atoms with E-state index < -0.39 is 11.8 Å². The van der Waals surface area contributed by atoms with Crippen molar-refractivity contribution in [3.05, 3.63) is 28.5 Å². The van der Waals surface area contributed by atoms with Crippen molar-refractivity contribution in [1.82, 2.24) is 4.90 Å². The van der Waals surface area contributed by atoms with E-state index in [0.29, 0.717) is 23.1 Å². The number of anilines is 1. The summed E-state index contributed by atoms with van der Waals surface area (Å²) in [6, 6.07) is 3.61. The van der Waals surface area contributed by atoms with Gasteiger partial charge in [0.1, 0.15) is 5.82 Å². The second-order valence-electron chi connectivity index (χ2n) is 3.88. The van der Waals surface area contributed by atoms with Crippen LogP contribution in [-0.4, -0.2) is 47.4 Å². The van der Waals surface area contributed by atoms with Crippen molar-refractivity contribution in [2.24, 2.45) is 0 Å². The fourth-order valence-corrected chi connectivity index (χ4v) is 1.99. The Morgan fingerprint density at radius 2 is 2.00 bits per heavy atom. The number of carbonyl (C=O) groups is 1. The molecule has 0 aliphatic rings. The van der Waals surface area contributed by atoms with Crippen molar-refractivity contribution in [3.8, 4) is 0 Å². The molecule has 0 heterocycles. The van der Waals surface area contributed by atoms with Crippen molar-refractivity contribution < 1.29 is 19.4 Å². The number of rotatable bonds is 6. The van der Waals surface area contributed by atoms with Gasteiger partial charge in [0.15, 0.2) is 0 Å². The molecule has 0 saturated heterocycles. The molecule has 0 bridgehead atoms. The predicted molar refractivity (Wildman–Crippen MR) is 73.5 cm³/mol. The maximum absolute atomic E-state index is 13.2. The molecule has 1 rings (SSSR count). The maximum Gasteiger partial charge on any atom is 0.321 e. The van der Waals surface area contributed by atoms with Crippen molar-refractivity contribution in [1.29, 1.82) is 0 Å². The lowest BCUT2D eigenvalue weighted by Gasteiger charge is -2.21. The zero-order valence-corrected chi connectivity index (χ0v) is 11.9. The molecule has 19 heavy (non-hydrogen) atoms. The summed E-state index contributed by atoms with van der Waals surface area (Å²) in [5.41, 5.74) is 0.323. The zero-order valence-electron chi connectivity index (χ0n) is 10.3. The van der Waals surface area contributed by atoms with Crippen LogP contribution in [0.1, 0.15) is 6.42 Å². The number of aliphatic hydroxyl groups excluding tert-OH is 2. The predicted octanol–water partition coefficient (Wildman–Crippen LogP) is 1.80. The summed E-state index contributed by atoms with van der Waals surface area (Å²) in [6.45, 7) is 0.258. The monoisotopic (exact) mass is 334 g/mol. The third-order valence-corrected chi connectivity index (χ3v) is 2.81. The number of amides is 2. The third kappa shape index (κ3) is 5.54. The summed E-state index contributed by atoms with van der Waals surface area (Å²) in [5, 5.41) is 20.2. The maximum atomic E-state index is 13.2. The highest BCUT2D eigenvalue weighted by molar-refractivity contribution is 9.10. The Kier molecular flexibility index (Phi) is 6.75. The molecule has 0 aliphatic carbocycles. The molecule has 0 aliphatic heterocycles. The molecule has 0 fully saturated rings. The molecule has 2 amide bonds. The molecule has 5 nitrogen and oxygen atoms in total. The lowest BCUT2D eigenvalue weighted by atomic mass is 10.3.